The Hall–Kier alpha value is -1.50. The molecule has 0 aromatic heterocycles. The molecular weight excluding hydrogens is 218 g/mol. The highest BCUT2D eigenvalue weighted by Gasteiger charge is 2.24. The lowest BCUT2D eigenvalue weighted by molar-refractivity contribution is 0.452. The molecule has 0 spiro atoms. The molecule has 0 amide bonds. The third kappa shape index (κ3) is 2.22. The van der Waals surface area contributed by atoms with Gasteiger partial charge >= 0.3 is 0 Å². The van der Waals surface area contributed by atoms with Crippen LogP contribution in [0.2, 0.25) is 0 Å². The highest BCUT2D eigenvalue weighted by atomic mass is 15.2. The van der Waals surface area contributed by atoms with Crippen LogP contribution in [0.1, 0.15) is 34.1 Å². The molecule has 0 bridgehead atoms. The molecule has 1 nitrogen and oxygen atoms in total. The smallest absolute Gasteiger partial charge is 0.0450 e. The SMILES string of the molecule is CCN(c1cccc2ccccc12)C(C)(C)CC. The van der Waals surface area contributed by atoms with Crippen LogP contribution in [0.25, 0.3) is 10.8 Å². The Bertz CT molecular complexity index is 523. The number of hydrogen-bond acceptors (Lipinski definition) is 1. The average molecular weight is 241 g/mol. The lowest BCUT2D eigenvalue weighted by Gasteiger charge is -2.40. The summed E-state index contributed by atoms with van der Waals surface area (Å²) >= 11 is 0. The molecule has 0 aliphatic carbocycles. The van der Waals surface area contributed by atoms with Crippen LogP contribution in [0.4, 0.5) is 5.69 Å². The molecule has 18 heavy (non-hydrogen) atoms. The minimum Gasteiger partial charge on any atom is -0.366 e. The van der Waals surface area contributed by atoms with Crippen LogP contribution in [0.3, 0.4) is 0 Å². The summed E-state index contributed by atoms with van der Waals surface area (Å²) in [7, 11) is 0. The van der Waals surface area contributed by atoms with Crippen LogP contribution in [-0.2, 0) is 0 Å². The van der Waals surface area contributed by atoms with Crippen LogP contribution >= 0.6 is 0 Å². The molecule has 96 valence electrons. The Morgan fingerprint density at radius 2 is 1.61 bits per heavy atom. The molecule has 0 unspecified atom stereocenters. The van der Waals surface area contributed by atoms with Crippen LogP contribution < -0.4 is 4.90 Å². The van der Waals surface area contributed by atoms with Gasteiger partial charge in [-0.25, -0.2) is 0 Å². The van der Waals surface area contributed by atoms with E-state index in [0.29, 0.717) is 0 Å². The molecule has 0 atom stereocenters. The highest BCUT2D eigenvalue weighted by molar-refractivity contribution is 5.94. The maximum atomic E-state index is 2.51. The maximum Gasteiger partial charge on any atom is 0.0450 e. The monoisotopic (exact) mass is 241 g/mol. The minimum absolute atomic E-state index is 0.193. The van der Waals surface area contributed by atoms with Gasteiger partial charge in [0, 0.05) is 23.2 Å². The van der Waals surface area contributed by atoms with E-state index in [1.807, 2.05) is 0 Å². The molecule has 0 saturated heterocycles. The van der Waals surface area contributed by atoms with Crippen molar-refractivity contribution in [2.45, 2.75) is 39.7 Å². The molecule has 1 heteroatoms. The summed E-state index contributed by atoms with van der Waals surface area (Å²) in [5.74, 6) is 0. The summed E-state index contributed by atoms with van der Waals surface area (Å²) in [5.41, 5.74) is 1.54. The van der Waals surface area contributed by atoms with E-state index in [-0.39, 0.29) is 5.54 Å². The van der Waals surface area contributed by atoms with Crippen molar-refractivity contribution in [1.29, 1.82) is 0 Å². The first-order chi connectivity index (χ1) is 8.60. The predicted molar refractivity (Wildman–Crippen MR) is 81.3 cm³/mol. The number of benzene rings is 2. The fourth-order valence-electron chi connectivity index (χ4n) is 2.56. The second kappa shape index (κ2) is 5.01. The van der Waals surface area contributed by atoms with Gasteiger partial charge in [0.2, 0.25) is 0 Å². The van der Waals surface area contributed by atoms with Gasteiger partial charge in [-0.15, -0.1) is 0 Å². The van der Waals surface area contributed by atoms with E-state index in [1.54, 1.807) is 0 Å². The average Bonchev–Trinajstić information content (AvgIpc) is 2.39. The Kier molecular flexibility index (Phi) is 3.60. The molecule has 0 fully saturated rings. The van der Waals surface area contributed by atoms with Crippen LogP contribution in [-0.4, -0.2) is 12.1 Å². The van der Waals surface area contributed by atoms with Crippen molar-refractivity contribution < 1.29 is 0 Å². The summed E-state index contributed by atoms with van der Waals surface area (Å²) in [6, 6.07) is 15.2. The maximum absolute atomic E-state index is 2.51. The van der Waals surface area contributed by atoms with E-state index < -0.39 is 0 Å². The van der Waals surface area contributed by atoms with E-state index in [2.05, 4.69) is 75.1 Å². The van der Waals surface area contributed by atoms with E-state index in [9.17, 15) is 0 Å². The Morgan fingerprint density at radius 1 is 0.944 bits per heavy atom. The summed E-state index contributed by atoms with van der Waals surface area (Å²) in [6.07, 6.45) is 1.14. The van der Waals surface area contributed by atoms with E-state index in [4.69, 9.17) is 0 Å². The van der Waals surface area contributed by atoms with Gasteiger partial charge in [0.05, 0.1) is 0 Å². The van der Waals surface area contributed by atoms with Crippen LogP contribution in [0.15, 0.2) is 42.5 Å². The largest absolute Gasteiger partial charge is 0.366 e. The second-order valence-corrected chi connectivity index (χ2v) is 5.41. The zero-order valence-corrected chi connectivity index (χ0v) is 11.9. The zero-order chi connectivity index (χ0) is 13.2. The van der Waals surface area contributed by atoms with Crippen LogP contribution in [0.5, 0.6) is 0 Å². The lowest BCUT2D eigenvalue weighted by Crippen LogP contribution is -2.43. The molecule has 0 N–H and O–H groups in total. The van der Waals surface area contributed by atoms with E-state index >= 15 is 0 Å². The lowest BCUT2D eigenvalue weighted by atomic mass is 9.96. The van der Waals surface area contributed by atoms with Gasteiger partial charge in [0.1, 0.15) is 0 Å². The van der Waals surface area contributed by atoms with Crippen LogP contribution in [0, 0.1) is 0 Å². The number of nitrogens with zero attached hydrogens (tertiary/aromatic N) is 1. The molecule has 0 aliphatic heterocycles. The molecule has 2 rings (SSSR count). The second-order valence-electron chi connectivity index (χ2n) is 5.41. The van der Waals surface area contributed by atoms with Gasteiger partial charge in [0.25, 0.3) is 0 Å². The summed E-state index contributed by atoms with van der Waals surface area (Å²) in [5, 5.41) is 2.67. The quantitative estimate of drug-likeness (QED) is 0.739. The Morgan fingerprint density at radius 3 is 2.28 bits per heavy atom. The topological polar surface area (TPSA) is 3.24 Å². The Labute approximate surface area is 110 Å². The van der Waals surface area contributed by atoms with Gasteiger partial charge in [0.15, 0.2) is 0 Å². The third-order valence-corrected chi connectivity index (χ3v) is 3.97. The van der Waals surface area contributed by atoms with Gasteiger partial charge in [-0.2, -0.15) is 0 Å². The van der Waals surface area contributed by atoms with Crippen molar-refractivity contribution in [1.82, 2.24) is 0 Å². The predicted octanol–water partition coefficient (Wildman–Crippen LogP) is 4.85. The Balaban J connectivity index is 2.59. The van der Waals surface area contributed by atoms with Crippen molar-refractivity contribution in [3.8, 4) is 0 Å². The zero-order valence-electron chi connectivity index (χ0n) is 11.9. The van der Waals surface area contributed by atoms with Gasteiger partial charge in [-0.05, 0) is 38.6 Å². The van der Waals surface area contributed by atoms with Crippen molar-refractivity contribution in [3.63, 3.8) is 0 Å². The summed E-state index contributed by atoms with van der Waals surface area (Å²) < 4.78 is 0. The molecule has 0 radical (unpaired) electrons. The van der Waals surface area contributed by atoms with Crippen molar-refractivity contribution >= 4 is 16.5 Å². The molecule has 0 heterocycles. The first-order valence-corrected chi connectivity index (χ1v) is 6.85. The first-order valence-electron chi connectivity index (χ1n) is 6.85. The number of hydrogen-bond donors (Lipinski definition) is 0. The van der Waals surface area contributed by atoms with Crippen molar-refractivity contribution in [2.24, 2.45) is 0 Å². The van der Waals surface area contributed by atoms with Crippen molar-refractivity contribution in [2.75, 3.05) is 11.4 Å². The molecule has 2 aromatic rings. The molecule has 0 aliphatic rings. The molecule has 0 saturated carbocycles. The normalized spacial score (nSPS) is 11.8. The van der Waals surface area contributed by atoms with E-state index in [0.717, 1.165) is 13.0 Å². The fourth-order valence-corrected chi connectivity index (χ4v) is 2.56. The number of anilines is 1. The summed E-state index contributed by atoms with van der Waals surface area (Å²) in [6.45, 7) is 10.2. The first kappa shape index (κ1) is 12.9. The minimum atomic E-state index is 0.193. The summed E-state index contributed by atoms with van der Waals surface area (Å²) in [4.78, 5) is 2.51. The van der Waals surface area contributed by atoms with Crippen molar-refractivity contribution in [3.05, 3.63) is 42.5 Å². The van der Waals surface area contributed by atoms with Gasteiger partial charge in [-0.1, -0.05) is 43.3 Å². The third-order valence-electron chi connectivity index (χ3n) is 3.97. The highest BCUT2D eigenvalue weighted by Crippen LogP contribution is 2.32. The number of fused-ring (bicyclic) bond motifs is 1. The molecule has 2 aromatic carbocycles. The fraction of sp³-hybridized carbons (Fsp3) is 0.412. The van der Waals surface area contributed by atoms with Gasteiger partial charge < -0.3 is 4.90 Å². The standard InChI is InChI=1S/C17H23N/c1-5-17(3,4)18(6-2)16-13-9-11-14-10-7-8-12-15(14)16/h7-13H,5-6H2,1-4H3. The molecular formula is C17H23N. The van der Waals surface area contributed by atoms with Gasteiger partial charge in [-0.3, -0.25) is 0 Å². The number of rotatable bonds is 4. The van der Waals surface area contributed by atoms with E-state index in [1.165, 1.54) is 16.5 Å².